The first-order valence-electron chi connectivity index (χ1n) is 7.87. The van der Waals surface area contributed by atoms with E-state index in [4.69, 9.17) is 9.57 Å². The fourth-order valence-corrected chi connectivity index (χ4v) is 2.06. The lowest BCUT2D eigenvalue weighted by molar-refractivity contribution is -0.138. The predicted octanol–water partition coefficient (Wildman–Crippen LogP) is 4.08. The van der Waals surface area contributed by atoms with Gasteiger partial charge in [-0.1, -0.05) is 47.6 Å². The van der Waals surface area contributed by atoms with Crippen LogP contribution in [0.15, 0.2) is 71.6 Å². The first-order chi connectivity index (χ1) is 12.1. The van der Waals surface area contributed by atoms with Crippen LogP contribution in [0.25, 0.3) is 0 Å². The van der Waals surface area contributed by atoms with Crippen LogP contribution in [0.5, 0.6) is 5.75 Å². The van der Waals surface area contributed by atoms with Gasteiger partial charge in [0.25, 0.3) is 0 Å². The van der Waals surface area contributed by atoms with Crippen LogP contribution in [0.4, 0.5) is 0 Å². The van der Waals surface area contributed by atoms with Crippen molar-refractivity contribution in [1.82, 2.24) is 0 Å². The Hall–Kier alpha value is -3.08. The molecule has 0 unspecified atom stereocenters. The van der Waals surface area contributed by atoms with Crippen molar-refractivity contribution < 1.29 is 19.1 Å². The van der Waals surface area contributed by atoms with Crippen LogP contribution in [0.3, 0.4) is 0 Å². The Morgan fingerprint density at radius 1 is 1.12 bits per heavy atom. The highest BCUT2D eigenvalue weighted by Crippen LogP contribution is 2.18. The molecule has 0 radical (unpaired) electrons. The van der Waals surface area contributed by atoms with Crippen LogP contribution in [0.1, 0.15) is 25.0 Å². The standard InChI is InChI=1S/C20H21NO4/c1-4-19(20(22)23-3)25-18-12-8-11-17(13-18)15(2)21-24-14-16-9-6-5-7-10-16/h4-13H,14H2,1-3H3. The van der Waals surface area contributed by atoms with Gasteiger partial charge in [-0.25, -0.2) is 4.79 Å². The number of carbonyl (C=O) groups excluding carboxylic acids is 1. The molecular formula is C20H21NO4. The highest BCUT2D eigenvalue weighted by atomic mass is 16.6. The number of carbonyl (C=O) groups is 1. The Bertz CT molecular complexity index is 766. The van der Waals surface area contributed by atoms with E-state index in [0.29, 0.717) is 18.1 Å². The summed E-state index contributed by atoms with van der Waals surface area (Å²) in [5.74, 6) is 0.132. The maximum Gasteiger partial charge on any atom is 0.373 e. The Morgan fingerprint density at radius 3 is 2.56 bits per heavy atom. The number of esters is 1. The smallest absolute Gasteiger partial charge is 0.373 e. The first-order valence-corrected chi connectivity index (χ1v) is 7.87. The van der Waals surface area contributed by atoms with Crippen LogP contribution in [0.2, 0.25) is 0 Å². The van der Waals surface area contributed by atoms with Crippen molar-refractivity contribution in [3.05, 3.63) is 77.6 Å². The lowest BCUT2D eigenvalue weighted by Crippen LogP contribution is -2.10. The van der Waals surface area contributed by atoms with Crippen LogP contribution in [0, 0.1) is 0 Å². The molecule has 0 heterocycles. The van der Waals surface area contributed by atoms with E-state index in [1.165, 1.54) is 7.11 Å². The molecule has 5 nitrogen and oxygen atoms in total. The number of oxime groups is 1. The van der Waals surface area contributed by atoms with E-state index in [-0.39, 0.29) is 5.76 Å². The molecule has 0 fully saturated rings. The lowest BCUT2D eigenvalue weighted by atomic mass is 10.1. The molecular weight excluding hydrogens is 318 g/mol. The molecule has 2 aromatic carbocycles. The van der Waals surface area contributed by atoms with Gasteiger partial charge in [-0.3, -0.25) is 0 Å². The topological polar surface area (TPSA) is 57.1 Å². The van der Waals surface area contributed by atoms with Crippen molar-refractivity contribution in [1.29, 1.82) is 0 Å². The highest BCUT2D eigenvalue weighted by Gasteiger charge is 2.11. The third-order valence-corrected chi connectivity index (χ3v) is 3.40. The van der Waals surface area contributed by atoms with E-state index >= 15 is 0 Å². The largest absolute Gasteiger partial charge is 0.463 e. The van der Waals surface area contributed by atoms with Crippen molar-refractivity contribution >= 4 is 11.7 Å². The van der Waals surface area contributed by atoms with Gasteiger partial charge < -0.3 is 14.3 Å². The highest BCUT2D eigenvalue weighted by molar-refractivity contribution is 5.98. The Balaban J connectivity index is 2.04. The lowest BCUT2D eigenvalue weighted by Gasteiger charge is -2.09. The van der Waals surface area contributed by atoms with Crippen LogP contribution < -0.4 is 4.74 Å². The van der Waals surface area contributed by atoms with Gasteiger partial charge >= 0.3 is 5.97 Å². The fraction of sp³-hybridized carbons (Fsp3) is 0.200. The molecule has 0 N–H and O–H groups in total. The summed E-state index contributed by atoms with van der Waals surface area (Å²) in [5.41, 5.74) is 2.60. The monoisotopic (exact) mass is 339 g/mol. The molecule has 0 atom stereocenters. The van der Waals surface area contributed by atoms with Crippen molar-refractivity contribution in [2.75, 3.05) is 7.11 Å². The second kappa shape index (κ2) is 9.27. The van der Waals surface area contributed by atoms with Gasteiger partial charge in [0, 0.05) is 5.56 Å². The second-order valence-electron chi connectivity index (χ2n) is 5.21. The number of nitrogens with zero attached hydrogens (tertiary/aromatic N) is 1. The van der Waals surface area contributed by atoms with E-state index in [1.54, 1.807) is 25.1 Å². The molecule has 2 rings (SSSR count). The van der Waals surface area contributed by atoms with Crippen molar-refractivity contribution in [2.45, 2.75) is 20.5 Å². The zero-order valence-corrected chi connectivity index (χ0v) is 14.6. The average Bonchev–Trinajstić information content (AvgIpc) is 2.66. The van der Waals surface area contributed by atoms with Gasteiger partial charge in [-0.15, -0.1) is 0 Å². The molecule has 0 amide bonds. The van der Waals surface area contributed by atoms with Gasteiger partial charge in [0.2, 0.25) is 5.76 Å². The van der Waals surface area contributed by atoms with E-state index in [1.807, 2.05) is 49.4 Å². The number of ether oxygens (including phenoxy) is 2. The molecule has 0 saturated heterocycles. The van der Waals surface area contributed by atoms with Gasteiger partial charge in [0.1, 0.15) is 12.4 Å². The van der Waals surface area contributed by atoms with E-state index < -0.39 is 5.97 Å². The number of methoxy groups -OCH3 is 1. The molecule has 2 aromatic rings. The zero-order valence-electron chi connectivity index (χ0n) is 14.6. The summed E-state index contributed by atoms with van der Waals surface area (Å²) in [5, 5.41) is 4.14. The minimum atomic E-state index is -0.524. The normalized spacial score (nSPS) is 11.8. The molecule has 0 aliphatic rings. The minimum absolute atomic E-state index is 0.134. The molecule has 0 aromatic heterocycles. The maximum absolute atomic E-state index is 11.6. The van der Waals surface area contributed by atoms with Gasteiger partial charge in [-0.05, 0) is 37.6 Å². The number of rotatable bonds is 7. The molecule has 5 heteroatoms. The molecule has 130 valence electrons. The zero-order chi connectivity index (χ0) is 18.1. The molecule has 0 aliphatic heterocycles. The number of hydrogen-bond donors (Lipinski definition) is 0. The number of hydrogen-bond acceptors (Lipinski definition) is 5. The van der Waals surface area contributed by atoms with Crippen molar-refractivity contribution in [2.24, 2.45) is 5.16 Å². The van der Waals surface area contributed by atoms with E-state index in [0.717, 1.165) is 11.1 Å². The molecule has 0 aliphatic carbocycles. The summed E-state index contributed by atoms with van der Waals surface area (Å²) < 4.78 is 10.2. The molecule has 0 bridgehead atoms. The summed E-state index contributed by atoms with van der Waals surface area (Å²) in [6.45, 7) is 3.96. The van der Waals surface area contributed by atoms with Crippen LogP contribution in [-0.2, 0) is 21.0 Å². The van der Waals surface area contributed by atoms with E-state index in [2.05, 4.69) is 9.89 Å². The quantitative estimate of drug-likeness (QED) is 0.251. The maximum atomic E-state index is 11.6. The third-order valence-electron chi connectivity index (χ3n) is 3.40. The predicted molar refractivity (Wildman–Crippen MR) is 96.3 cm³/mol. The minimum Gasteiger partial charge on any atom is -0.463 e. The van der Waals surface area contributed by atoms with Crippen molar-refractivity contribution in [3.63, 3.8) is 0 Å². The summed E-state index contributed by atoms with van der Waals surface area (Å²) >= 11 is 0. The third kappa shape index (κ3) is 5.49. The molecule has 0 spiro atoms. The second-order valence-corrected chi connectivity index (χ2v) is 5.21. The fourth-order valence-electron chi connectivity index (χ4n) is 2.06. The Kier molecular flexibility index (Phi) is 6.77. The van der Waals surface area contributed by atoms with Gasteiger partial charge in [0.15, 0.2) is 0 Å². The van der Waals surface area contributed by atoms with Crippen LogP contribution in [-0.4, -0.2) is 18.8 Å². The van der Waals surface area contributed by atoms with Crippen LogP contribution >= 0.6 is 0 Å². The summed E-state index contributed by atoms with van der Waals surface area (Å²) in [7, 11) is 1.31. The van der Waals surface area contributed by atoms with Gasteiger partial charge in [0.05, 0.1) is 12.8 Å². The summed E-state index contributed by atoms with van der Waals surface area (Å²) in [6, 6.07) is 17.1. The average molecular weight is 339 g/mol. The SMILES string of the molecule is CC=C(Oc1cccc(C(C)=NOCc2ccccc2)c1)C(=O)OC. The number of benzene rings is 2. The van der Waals surface area contributed by atoms with Crippen molar-refractivity contribution in [3.8, 4) is 5.75 Å². The molecule has 0 saturated carbocycles. The molecule has 25 heavy (non-hydrogen) atoms. The Labute approximate surface area is 147 Å². The first kappa shape index (κ1) is 18.3. The van der Waals surface area contributed by atoms with E-state index in [9.17, 15) is 4.79 Å². The summed E-state index contributed by atoms with van der Waals surface area (Å²) in [6.07, 6.45) is 1.56. The Morgan fingerprint density at radius 2 is 1.88 bits per heavy atom. The van der Waals surface area contributed by atoms with Gasteiger partial charge in [-0.2, -0.15) is 0 Å². The number of allylic oxidation sites excluding steroid dienone is 1. The summed E-state index contributed by atoms with van der Waals surface area (Å²) in [4.78, 5) is 17.0.